The van der Waals surface area contributed by atoms with Crippen LogP contribution in [-0.4, -0.2) is 58.4 Å². The normalized spacial score (nSPS) is 13.9. The molecular formula is C18H19N3O5S2. The Hall–Kier alpha value is -2.46. The second-order valence-electron chi connectivity index (χ2n) is 6.04. The lowest BCUT2D eigenvalue weighted by atomic mass is 10.2. The number of carbonyl (C=O) groups is 4. The molecule has 0 radical (unpaired) electrons. The molecule has 2 aromatic rings. The Labute approximate surface area is 169 Å². The predicted octanol–water partition coefficient (Wildman–Crippen LogP) is 1.97. The molecule has 0 unspecified atom stereocenters. The molecule has 8 nitrogen and oxygen atoms in total. The maximum Gasteiger partial charge on any atom is 0.306 e. The van der Waals surface area contributed by atoms with Crippen LogP contribution in [-0.2, 0) is 25.5 Å². The summed E-state index contributed by atoms with van der Waals surface area (Å²) >= 11 is 2.55. The standard InChI is InChI=1S/C18H19N3O5S2/c22-14(19-8-9-21-16(23)11-27-18(21)25)10-26-17(24)7-3-6-15-20-12-4-1-2-5-13(12)28-15/h1-2,4-5H,3,6-11H2,(H,19,22). The topological polar surface area (TPSA) is 106 Å². The number of hydrogen-bond donors (Lipinski definition) is 1. The Kier molecular flexibility index (Phi) is 6.99. The van der Waals surface area contributed by atoms with E-state index in [1.54, 1.807) is 11.3 Å². The molecule has 0 bridgehead atoms. The third-order valence-electron chi connectivity index (χ3n) is 3.97. The van der Waals surface area contributed by atoms with Crippen molar-refractivity contribution in [2.75, 3.05) is 25.4 Å². The van der Waals surface area contributed by atoms with Gasteiger partial charge in [-0.1, -0.05) is 23.9 Å². The number of benzene rings is 1. The number of nitrogens with zero attached hydrogens (tertiary/aromatic N) is 2. The van der Waals surface area contributed by atoms with Crippen LogP contribution in [0.25, 0.3) is 10.2 Å². The molecule has 0 aliphatic carbocycles. The highest BCUT2D eigenvalue weighted by atomic mass is 32.2. The van der Waals surface area contributed by atoms with Crippen molar-refractivity contribution >= 4 is 56.3 Å². The number of carbonyl (C=O) groups excluding carboxylic acids is 4. The smallest absolute Gasteiger partial charge is 0.306 e. The first-order valence-corrected chi connectivity index (χ1v) is 10.6. The van der Waals surface area contributed by atoms with E-state index in [1.165, 1.54) is 0 Å². The fraction of sp³-hybridized carbons (Fsp3) is 0.389. The number of thiazole rings is 1. The van der Waals surface area contributed by atoms with Crippen molar-refractivity contribution in [2.45, 2.75) is 19.3 Å². The summed E-state index contributed by atoms with van der Waals surface area (Å²) in [7, 11) is 0. The zero-order chi connectivity index (χ0) is 19.9. The Morgan fingerprint density at radius 2 is 2.07 bits per heavy atom. The van der Waals surface area contributed by atoms with Gasteiger partial charge in [0, 0.05) is 19.5 Å². The van der Waals surface area contributed by atoms with Gasteiger partial charge in [-0.3, -0.25) is 24.1 Å². The molecule has 28 heavy (non-hydrogen) atoms. The summed E-state index contributed by atoms with van der Waals surface area (Å²) in [4.78, 5) is 51.9. The molecule has 1 aliphatic rings. The number of aromatic nitrogens is 1. The molecule has 2 heterocycles. The van der Waals surface area contributed by atoms with Gasteiger partial charge in [-0.05, 0) is 25.0 Å². The molecule has 1 saturated heterocycles. The molecule has 10 heteroatoms. The van der Waals surface area contributed by atoms with Crippen molar-refractivity contribution in [1.29, 1.82) is 0 Å². The number of hydrogen-bond acceptors (Lipinski definition) is 8. The first-order chi connectivity index (χ1) is 13.5. The SMILES string of the molecule is O=C(COC(=O)CCCc1nc2ccccc2s1)NCCN1C(=O)CSC1=O. The lowest BCUT2D eigenvalue weighted by molar-refractivity contribution is -0.148. The number of fused-ring (bicyclic) bond motifs is 1. The molecule has 1 aromatic heterocycles. The molecule has 148 valence electrons. The van der Waals surface area contributed by atoms with Crippen molar-refractivity contribution in [3.05, 3.63) is 29.3 Å². The van der Waals surface area contributed by atoms with Gasteiger partial charge in [-0.25, -0.2) is 4.98 Å². The first kappa shape index (κ1) is 20.3. The monoisotopic (exact) mass is 421 g/mol. The minimum atomic E-state index is -0.466. The van der Waals surface area contributed by atoms with Gasteiger partial charge in [0.1, 0.15) is 0 Å². The van der Waals surface area contributed by atoms with E-state index in [0.717, 1.165) is 31.9 Å². The minimum Gasteiger partial charge on any atom is -0.456 e. The Morgan fingerprint density at radius 1 is 1.25 bits per heavy atom. The minimum absolute atomic E-state index is 0.118. The van der Waals surface area contributed by atoms with Crippen LogP contribution in [0, 0.1) is 0 Å². The van der Waals surface area contributed by atoms with E-state index in [0.29, 0.717) is 12.8 Å². The number of ether oxygens (including phenoxy) is 1. The summed E-state index contributed by atoms with van der Waals surface area (Å²) in [5.41, 5.74) is 0.956. The first-order valence-electron chi connectivity index (χ1n) is 8.77. The molecule has 3 amide bonds. The molecule has 0 spiro atoms. The number of para-hydroxylation sites is 1. The van der Waals surface area contributed by atoms with Gasteiger partial charge in [0.05, 0.1) is 21.0 Å². The van der Waals surface area contributed by atoms with Crippen molar-refractivity contribution in [1.82, 2.24) is 15.2 Å². The van der Waals surface area contributed by atoms with Crippen molar-refractivity contribution in [3.8, 4) is 0 Å². The number of esters is 1. The summed E-state index contributed by atoms with van der Waals surface area (Å²) in [6.45, 7) is -0.130. The van der Waals surface area contributed by atoms with E-state index in [9.17, 15) is 19.2 Å². The summed E-state index contributed by atoms with van der Waals surface area (Å²) in [6.07, 6.45) is 1.48. The van der Waals surface area contributed by atoms with Crippen LogP contribution in [0.1, 0.15) is 17.8 Å². The lowest BCUT2D eigenvalue weighted by Crippen LogP contribution is -2.38. The van der Waals surface area contributed by atoms with Gasteiger partial charge in [0.2, 0.25) is 5.91 Å². The van der Waals surface area contributed by atoms with E-state index >= 15 is 0 Å². The Balaban J connectivity index is 1.29. The molecule has 0 saturated carbocycles. The summed E-state index contributed by atoms with van der Waals surface area (Å²) in [5.74, 6) is -1.03. The van der Waals surface area contributed by atoms with Gasteiger partial charge in [-0.2, -0.15) is 0 Å². The average molecular weight is 422 g/mol. The zero-order valence-electron chi connectivity index (χ0n) is 15.0. The van der Waals surface area contributed by atoms with Crippen LogP contribution in [0.4, 0.5) is 4.79 Å². The van der Waals surface area contributed by atoms with E-state index < -0.39 is 11.9 Å². The van der Waals surface area contributed by atoms with Gasteiger partial charge in [0.25, 0.3) is 11.1 Å². The maximum atomic E-state index is 11.8. The second kappa shape index (κ2) is 9.65. The molecule has 1 N–H and O–H groups in total. The van der Waals surface area contributed by atoms with Crippen molar-refractivity contribution < 1.29 is 23.9 Å². The number of thioether (sulfide) groups is 1. The highest BCUT2D eigenvalue weighted by molar-refractivity contribution is 8.14. The molecule has 1 aromatic carbocycles. The third-order valence-corrected chi connectivity index (χ3v) is 5.93. The number of amides is 3. The second-order valence-corrected chi connectivity index (χ2v) is 8.08. The summed E-state index contributed by atoms with van der Waals surface area (Å²) in [5, 5.41) is 3.18. The number of imide groups is 1. The number of rotatable bonds is 9. The highest BCUT2D eigenvalue weighted by Crippen LogP contribution is 2.22. The van der Waals surface area contributed by atoms with E-state index in [1.807, 2.05) is 24.3 Å². The molecule has 3 rings (SSSR count). The lowest BCUT2D eigenvalue weighted by Gasteiger charge is -2.13. The largest absolute Gasteiger partial charge is 0.456 e. The highest BCUT2D eigenvalue weighted by Gasteiger charge is 2.29. The van der Waals surface area contributed by atoms with Crippen LogP contribution in [0.2, 0.25) is 0 Å². The molecule has 1 aliphatic heterocycles. The van der Waals surface area contributed by atoms with E-state index in [-0.39, 0.29) is 43.0 Å². The summed E-state index contributed by atoms with van der Waals surface area (Å²) < 4.78 is 6.06. The number of aryl methyl sites for hydroxylation is 1. The van der Waals surface area contributed by atoms with Crippen LogP contribution >= 0.6 is 23.1 Å². The van der Waals surface area contributed by atoms with Crippen molar-refractivity contribution in [3.63, 3.8) is 0 Å². The van der Waals surface area contributed by atoms with Crippen molar-refractivity contribution in [2.24, 2.45) is 0 Å². The molecule has 1 fully saturated rings. The summed E-state index contributed by atoms with van der Waals surface area (Å²) in [6, 6.07) is 7.87. The fourth-order valence-electron chi connectivity index (χ4n) is 2.58. The third kappa shape index (κ3) is 5.52. The predicted molar refractivity (Wildman–Crippen MR) is 106 cm³/mol. The van der Waals surface area contributed by atoms with Crippen LogP contribution in [0.5, 0.6) is 0 Å². The van der Waals surface area contributed by atoms with Gasteiger partial charge >= 0.3 is 5.97 Å². The maximum absolute atomic E-state index is 11.8. The molecular weight excluding hydrogens is 402 g/mol. The van der Waals surface area contributed by atoms with Crippen LogP contribution in [0.3, 0.4) is 0 Å². The Morgan fingerprint density at radius 3 is 2.82 bits per heavy atom. The quantitative estimate of drug-likeness (QED) is 0.617. The van der Waals surface area contributed by atoms with E-state index in [2.05, 4.69) is 10.3 Å². The van der Waals surface area contributed by atoms with Crippen LogP contribution < -0.4 is 5.32 Å². The zero-order valence-corrected chi connectivity index (χ0v) is 16.6. The van der Waals surface area contributed by atoms with Crippen LogP contribution in [0.15, 0.2) is 24.3 Å². The molecule has 0 atom stereocenters. The Bertz CT molecular complexity index is 849. The van der Waals surface area contributed by atoms with Gasteiger partial charge in [0.15, 0.2) is 6.61 Å². The van der Waals surface area contributed by atoms with Gasteiger partial charge < -0.3 is 10.1 Å². The number of nitrogens with one attached hydrogen (secondary N) is 1. The average Bonchev–Trinajstić information content (AvgIpc) is 3.23. The van der Waals surface area contributed by atoms with Gasteiger partial charge in [-0.15, -0.1) is 11.3 Å². The van der Waals surface area contributed by atoms with E-state index in [4.69, 9.17) is 4.74 Å². The fourth-order valence-corrected chi connectivity index (χ4v) is 4.35.